The van der Waals surface area contributed by atoms with Gasteiger partial charge in [-0.05, 0) is 24.5 Å². The predicted octanol–water partition coefficient (Wildman–Crippen LogP) is 3.74. The van der Waals surface area contributed by atoms with Crippen LogP contribution in [-0.2, 0) is 6.42 Å². The van der Waals surface area contributed by atoms with Crippen LogP contribution in [0.5, 0.6) is 0 Å². The van der Waals surface area contributed by atoms with Gasteiger partial charge < -0.3 is 5.73 Å². The first-order valence-corrected chi connectivity index (χ1v) is 6.02. The van der Waals surface area contributed by atoms with E-state index in [0.29, 0.717) is 12.8 Å². The van der Waals surface area contributed by atoms with E-state index >= 15 is 0 Å². The molecule has 0 bridgehead atoms. The second-order valence-corrected chi connectivity index (χ2v) is 4.40. The van der Waals surface area contributed by atoms with Crippen molar-refractivity contribution in [2.45, 2.75) is 18.9 Å². The molecule has 100 valence electrons. The van der Waals surface area contributed by atoms with Gasteiger partial charge in [0.05, 0.1) is 0 Å². The Hall–Kier alpha value is -1.81. The Balaban J connectivity index is 2.08. The normalized spacial score (nSPS) is 12.4. The van der Waals surface area contributed by atoms with E-state index in [2.05, 4.69) is 0 Å². The van der Waals surface area contributed by atoms with Crippen LogP contribution >= 0.6 is 0 Å². The zero-order valence-corrected chi connectivity index (χ0v) is 10.2. The highest BCUT2D eigenvalue weighted by atomic mass is 19.2. The highest BCUT2D eigenvalue weighted by Crippen LogP contribution is 2.23. The summed E-state index contributed by atoms with van der Waals surface area (Å²) in [7, 11) is 0. The molecule has 19 heavy (non-hydrogen) atoms. The van der Waals surface area contributed by atoms with Crippen LogP contribution < -0.4 is 5.73 Å². The quantitative estimate of drug-likeness (QED) is 0.837. The van der Waals surface area contributed by atoms with E-state index in [0.717, 1.165) is 11.6 Å². The summed E-state index contributed by atoms with van der Waals surface area (Å²) in [5.74, 6) is -3.86. The van der Waals surface area contributed by atoms with E-state index in [1.54, 1.807) is 0 Å². The number of nitrogens with two attached hydrogens (primary N) is 1. The van der Waals surface area contributed by atoms with Crippen LogP contribution in [0.2, 0.25) is 0 Å². The Morgan fingerprint density at radius 2 is 1.58 bits per heavy atom. The number of aryl methyl sites for hydroxylation is 1. The van der Waals surface area contributed by atoms with Crippen molar-refractivity contribution in [2.75, 3.05) is 0 Å². The molecule has 0 aliphatic carbocycles. The van der Waals surface area contributed by atoms with Crippen molar-refractivity contribution in [1.82, 2.24) is 0 Å². The minimum absolute atomic E-state index is 0.00910. The molecule has 1 unspecified atom stereocenters. The van der Waals surface area contributed by atoms with Crippen LogP contribution in [0.15, 0.2) is 42.5 Å². The van der Waals surface area contributed by atoms with Gasteiger partial charge in [-0.2, -0.15) is 0 Å². The molecule has 1 nitrogen and oxygen atoms in total. The van der Waals surface area contributed by atoms with E-state index in [-0.39, 0.29) is 5.56 Å². The van der Waals surface area contributed by atoms with Crippen molar-refractivity contribution >= 4 is 0 Å². The molecule has 0 spiro atoms. The molecule has 2 rings (SSSR count). The molecule has 0 saturated heterocycles. The summed E-state index contributed by atoms with van der Waals surface area (Å²) >= 11 is 0. The van der Waals surface area contributed by atoms with E-state index in [4.69, 9.17) is 5.73 Å². The zero-order valence-electron chi connectivity index (χ0n) is 10.2. The van der Waals surface area contributed by atoms with Gasteiger partial charge in [0.25, 0.3) is 0 Å². The van der Waals surface area contributed by atoms with Crippen LogP contribution in [0.4, 0.5) is 13.2 Å². The fraction of sp³-hybridized carbons (Fsp3) is 0.200. The van der Waals surface area contributed by atoms with Gasteiger partial charge in [0.2, 0.25) is 0 Å². The molecule has 0 aromatic heterocycles. The number of benzene rings is 2. The second kappa shape index (κ2) is 5.89. The Morgan fingerprint density at radius 3 is 2.26 bits per heavy atom. The SMILES string of the molecule is NC(CCc1ccccc1)c1ccc(F)c(F)c1F. The van der Waals surface area contributed by atoms with Crippen LogP contribution in [0.1, 0.15) is 23.6 Å². The lowest BCUT2D eigenvalue weighted by molar-refractivity contribution is 0.433. The zero-order chi connectivity index (χ0) is 13.8. The highest BCUT2D eigenvalue weighted by Gasteiger charge is 2.17. The Kier molecular flexibility index (Phi) is 4.22. The molecule has 0 aliphatic heterocycles. The van der Waals surface area contributed by atoms with E-state index < -0.39 is 23.5 Å². The standard InChI is InChI=1S/C15H14F3N/c16-12-8-7-11(14(17)15(12)18)13(19)9-6-10-4-2-1-3-5-10/h1-5,7-8,13H,6,9,19H2. The van der Waals surface area contributed by atoms with E-state index in [1.807, 2.05) is 30.3 Å². The Morgan fingerprint density at radius 1 is 0.895 bits per heavy atom. The summed E-state index contributed by atoms with van der Waals surface area (Å²) in [5, 5.41) is 0. The Labute approximate surface area is 109 Å². The van der Waals surface area contributed by atoms with Crippen LogP contribution in [0.3, 0.4) is 0 Å². The molecule has 0 aliphatic rings. The summed E-state index contributed by atoms with van der Waals surface area (Å²) in [4.78, 5) is 0. The highest BCUT2D eigenvalue weighted by molar-refractivity contribution is 5.24. The molecule has 2 N–H and O–H groups in total. The summed E-state index contributed by atoms with van der Waals surface area (Å²) in [6.07, 6.45) is 1.12. The first-order chi connectivity index (χ1) is 9.09. The van der Waals surface area contributed by atoms with Gasteiger partial charge in [-0.3, -0.25) is 0 Å². The molecule has 0 saturated carbocycles. The van der Waals surface area contributed by atoms with Gasteiger partial charge in [-0.25, -0.2) is 13.2 Å². The number of halogens is 3. The van der Waals surface area contributed by atoms with Crippen molar-refractivity contribution in [3.8, 4) is 0 Å². The lowest BCUT2D eigenvalue weighted by atomic mass is 9.99. The van der Waals surface area contributed by atoms with Gasteiger partial charge in [0, 0.05) is 11.6 Å². The minimum Gasteiger partial charge on any atom is -0.324 e. The first-order valence-electron chi connectivity index (χ1n) is 6.02. The maximum Gasteiger partial charge on any atom is 0.194 e. The van der Waals surface area contributed by atoms with Crippen molar-refractivity contribution in [1.29, 1.82) is 0 Å². The van der Waals surface area contributed by atoms with Crippen molar-refractivity contribution < 1.29 is 13.2 Å². The molecule has 1 atom stereocenters. The molecule has 0 amide bonds. The number of rotatable bonds is 4. The monoisotopic (exact) mass is 265 g/mol. The summed E-state index contributed by atoms with van der Waals surface area (Å²) in [6.45, 7) is 0. The minimum atomic E-state index is -1.47. The fourth-order valence-electron chi connectivity index (χ4n) is 1.95. The smallest absolute Gasteiger partial charge is 0.194 e. The molecule has 4 heteroatoms. The third kappa shape index (κ3) is 3.15. The molecule has 2 aromatic carbocycles. The summed E-state index contributed by atoms with van der Waals surface area (Å²) < 4.78 is 39.5. The van der Waals surface area contributed by atoms with Crippen LogP contribution in [-0.4, -0.2) is 0 Å². The first kappa shape index (κ1) is 13.6. The predicted molar refractivity (Wildman–Crippen MR) is 68.0 cm³/mol. The number of hydrogen-bond donors (Lipinski definition) is 1. The van der Waals surface area contributed by atoms with Crippen molar-refractivity contribution in [2.24, 2.45) is 5.73 Å². The molecule has 0 heterocycles. The maximum atomic E-state index is 13.5. The summed E-state index contributed by atoms with van der Waals surface area (Å²) in [5.41, 5.74) is 6.91. The average Bonchev–Trinajstić information content (AvgIpc) is 2.43. The molecular formula is C15H14F3N. The van der Waals surface area contributed by atoms with Gasteiger partial charge in [-0.1, -0.05) is 36.4 Å². The van der Waals surface area contributed by atoms with Crippen molar-refractivity contribution in [3.63, 3.8) is 0 Å². The third-order valence-corrected chi connectivity index (χ3v) is 3.05. The molecule has 2 aromatic rings. The van der Waals surface area contributed by atoms with Crippen LogP contribution in [0, 0.1) is 17.5 Å². The average molecular weight is 265 g/mol. The molecule has 0 radical (unpaired) electrons. The lowest BCUT2D eigenvalue weighted by Crippen LogP contribution is -2.14. The third-order valence-electron chi connectivity index (χ3n) is 3.05. The van der Waals surface area contributed by atoms with E-state index in [1.165, 1.54) is 6.07 Å². The summed E-state index contributed by atoms with van der Waals surface area (Å²) in [6, 6.07) is 11.0. The fourth-order valence-corrected chi connectivity index (χ4v) is 1.95. The van der Waals surface area contributed by atoms with Crippen molar-refractivity contribution in [3.05, 3.63) is 71.0 Å². The van der Waals surface area contributed by atoms with E-state index in [9.17, 15) is 13.2 Å². The molecule has 0 fully saturated rings. The lowest BCUT2D eigenvalue weighted by Gasteiger charge is -2.13. The van der Waals surface area contributed by atoms with Gasteiger partial charge >= 0.3 is 0 Å². The topological polar surface area (TPSA) is 26.0 Å². The van der Waals surface area contributed by atoms with Gasteiger partial charge in [0.1, 0.15) is 0 Å². The second-order valence-electron chi connectivity index (χ2n) is 4.40. The largest absolute Gasteiger partial charge is 0.324 e. The maximum absolute atomic E-state index is 13.5. The van der Waals surface area contributed by atoms with Crippen LogP contribution in [0.25, 0.3) is 0 Å². The van der Waals surface area contributed by atoms with Gasteiger partial charge in [-0.15, -0.1) is 0 Å². The Bertz CT molecular complexity index is 555. The van der Waals surface area contributed by atoms with Gasteiger partial charge in [0.15, 0.2) is 17.5 Å². The number of hydrogen-bond acceptors (Lipinski definition) is 1. The molecular weight excluding hydrogens is 251 g/mol.